The van der Waals surface area contributed by atoms with Gasteiger partial charge in [0.25, 0.3) is 0 Å². The van der Waals surface area contributed by atoms with Crippen molar-refractivity contribution in [3.63, 3.8) is 0 Å². The SMILES string of the molecule is CNC(C)c1ccc(N(CCO)C2CCCC2)c(F)c1. The Balaban J connectivity index is 2.24. The maximum atomic E-state index is 14.4. The van der Waals surface area contributed by atoms with Crippen molar-refractivity contribution in [2.45, 2.75) is 44.7 Å². The number of nitrogens with zero attached hydrogens (tertiary/aromatic N) is 1. The molecule has 4 heteroatoms. The molecule has 1 atom stereocenters. The van der Waals surface area contributed by atoms with Crippen LogP contribution in [0.15, 0.2) is 18.2 Å². The first kappa shape index (κ1) is 15.3. The van der Waals surface area contributed by atoms with Crippen molar-refractivity contribution in [1.82, 2.24) is 5.32 Å². The summed E-state index contributed by atoms with van der Waals surface area (Å²) in [5, 5.41) is 12.4. The summed E-state index contributed by atoms with van der Waals surface area (Å²) in [5.74, 6) is -0.190. The van der Waals surface area contributed by atoms with Gasteiger partial charge in [-0.1, -0.05) is 18.9 Å². The van der Waals surface area contributed by atoms with Crippen molar-refractivity contribution in [3.8, 4) is 0 Å². The summed E-state index contributed by atoms with van der Waals surface area (Å²) in [4.78, 5) is 2.04. The highest BCUT2D eigenvalue weighted by Gasteiger charge is 2.24. The Morgan fingerprint density at radius 1 is 1.40 bits per heavy atom. The molecule has 112 valence electrons. The maximum Gasteiger partial charge on any atom is 0.146 e. The molecule has 2 rings (SSSR count). The molecule has 1 unspecified atom stereocenters. The molecule has 0 radical (unpaired) electrons. The van der Waals surface area contributed by atoms with Crippen molar-refractivity contribution >= 4 is 5.69 Å². The van der Waals surface area contributed by atoms with Crippen LogP contribution in [0, 0.1) is 5.82 Å². The molecule has 0 saturated heterocycles. The Bertz CT molecular complexity index is 432. The predicted molar refractivity (Wildman–Crippen MR) is 80.6 cm³/mol. The molecule has 1 aromatic rings. The van der Waals surface area contributed by atoms with Crippen LogP contribution < -0.4 is 10.2 Å². The van der Waals surface area contributed by atoms with E-state index in [2.05, 4.69) is 5.32 Å². The molecule has 1 aliphatic carbocycles. The van der Waals surface area contributed by atoms with Crippen LogP contribution in [0.4, 0.5) is 10.1 Å². The van der Waals surface area contributed by atoms with Crippen molar-refractivity contribution < 1.29 is 9.50 Å². The van der Waals surface area contributed by atoms with E-state index in [1.54, 1.807) is 6.07 Å². The zero-order valence-electron chi connectivity index (χ0n) is 12.4. The van der Waals surface area contributed by atoms with E-state index in [1.807, 2.05) is 31.0 Å². The molecule has 0 aliphatic heterocycles. The molecule has 0 aromatic heterocycles. The van der Waals surface area contributed by atoms with Crippen LogP contribution in [0.25, 0.3) is 0 Å². The van der Waals surface area contributed by atoms with Crippen molar-refractivity contribution in [2.75, 3.05) is 25.1 Å². The quantitative estimate of drug-likeness (QED) is 0.841. The topological polar surface area (TPSA) is 35.5 Å². The van der Waals surface area contributed by atoms with Gasteiger partial charge in [0, 0.05) is 18.6 Å². The van der Waals surface area contributed by atoms with Gasteiger partial charge in [0.15, 0.2) is 0 Å². The van der Waals surface area contributed by atoms with Gasteiger partial charge in [0.2, 0.25) is 0 Å². The number of anilines is 1. The minimum atomic E-state index is -0.190. The lowest BCUT2D eigenvalue weighted by atomic mass is 10.1. The summed E-state index contributed by atoms with van der Waals surface area (Å²) in [5.41, 5.74) is 1.57. The molecule has 0 spiro atoms. The highest BCUT2D eigenvalue weighted by Crippen LogP contribution is 2.31. The first-order chi connectivity index (χ1) is 9.67. The lowest BCUT2D eigenvalue weighted by Crippen LogP contribution is -2.36. The summed E-state index contributed by atoms with van der Waals surface area (Å²) in [6.07, 6.45) is 4.58. The third-order valence-corrected chi connectivity index (χ3v) is 4.32. The largest absolute Gasteiger partial charge is 0.395 e. The average molecular weight is 280 g/mol. The number of nitrogens with one attached hydrogen (secondary N) is 1. The number of halogens is 1. The van der Waals surface area contributed by atoms with Crippen LogP contribution >= 0.6 is 0 Å². The Morgan fingerprint density at radius 2 is 2.10 bits per heavy atom. The number of aliphatic hydroxyl groups excluding tert-OH is 1. The van der Waals surface area contributed by atoms with Crippen molar-refractivity contribution in [1.29, 1.82) is 0 Å². The fraction of sp³-hybridized carbons (Fsp3) is 0.625. The molecular formula is C16H25FN2O. The van der Waals surface area contributed by atoms with E-state index < -0.39 is 0 Å². The van der Waals surface area contributed by atoms with Gasteiger partial charge < -0.3 is 15.3 Å². The molecule has 20 heavy (non-hydrogen) atoms. The van der Waals surface area contributed by atoms with Gasteiger partial charge >= 0.3 is 0 Å². The van der Waals surface area contributed by atoms with Gasteiger partial charge in [0.1, 0.15) is 5.82 Å². The third-order valence-electron chi connectivity index (χ3n) is 4.32. The summed E-state index contributed by atoms with van der Waals surface area (Å²) in [6.45, 7) is 2.57. The minimum Gasteiger partial charge on any atom is -0.395 e. The van der Waals surface area contributed by atoms with Crippen LogP contribution in [0.2, 0.25) is 0 Å². The normalized spacial score (nSPS) is 17.4. The highest BCUT2D eigenvalue weighted by atomic mass is 19.1. The zero-order chi connectivity index (χ0) is 14.5. The van der Waals surface area contributed by atoms with Crippen molar-refractivity contribution in [2.24, 2.45) is 0 Å². The average Bonchev–Trinajstić information content (AvgIpc) is 2.98. The lowest BCUT2D eigenvalue weighted by Gasteiger charge is -2.31. The Kier molecular flexibility index (Phi) is 5.38. The second-order valence-electron chi connectivity index (χ2n) is 5.58. The second-order valence-corrected chi connectivity index (χ2v) is 5.58. The van der Waals surface area contributed by atoms with Crippen LogP contribution in [-0.4, -0.2) is 31.3 Å². The Labute approximate surface area is 120 Å². The monoisotopic (exact) mass is 280 g/mol. The molecule has 1 fully saturated rings. The van der Waals surface area contributed by atoms with Gasteiger partial charge in [-0.25, -0.2) is 4.39 Å². The second kappa shape index (κ2) is 7.04. The minimum absolute atomic E-state index is 0.0601. The standard InChI is InChI=1S/C16H25FN2O/c1-12(18-2)13-7-8-16(15(17)11-13)19(9-10-20)14-5-3-4-6-14/h7-8,11-12,14,18,20H,3-6,9-10H2,1-2H3. The molecule has 3 nitrogen and oxygen atoms in total. The summed E-state index contributed by atoms with van der Waals surface area (Å²) in [6, 6.07) is 5.93. The van der Waals surface area contributed by atoms with E-state index in [0.717, 1.165) is 18.4 Å². The summed E-state index contributed by atoms with van der Waals surface area (Å²) >= 11 is 0. The smallest absolute Gasteiger partial charge is 0.146 e. The number of rotatable bonds is 6. The van der Waals surface area contributed by atoms with E-state index >= 15 is 0 Å². The molecule has 1 aliphatic rings. The fourth-order valence-corrected chi connectivity index (χ4v) is 3.02. The highest BCUT2D eigenvalue weighted by molar-refractivity contribution is 5.50. The molecule has 0 heterocycles. The van der Waals surface area contributed by atoms with Gasteiger partial charge in [-0.15, -0.1) is 0 Å². The number of aliphatic hydroxyl groups is 1. The fourth-order valence-electron chi connectivity index (χ4n) is 3.02. The molecular weight excluding hydrogens is 255 g/mol. The molecule has 2 N–H and O–H groups in total. The number of benzene rings is 1. The van der Waals surface area contributed by atoms with E-state index in [4.69, 9.17) is 0 Å². The van der Waals surface area contributed by atoms with E-state index in [0.29, 0.717) is 18.3 Å². The summed E-state index contributed by atoms with van der Waals surface area (Å²) in [7, 11) is 1.87. The number of hydrogen-bond donors (Lipinski definition) is 2. The Hall–Kier alpha value is -1.13. The first-order valence-corrected chi connectivity index (χ1v) is 7.51. The van der Waals surface area contributed by atoms with Crippen LogP contribution in [-0.2, 0) is 0 Å². The molecule has 1 aromatic carbocycles. The summed E-state index contributed by atoms with van der Waals surface area (Å²) < 4.78 is 14.4. The van der Waals surface area contributed by atoms with Crippen LogP contribution in [0.1, 0.15) is 44.2 Å². The van der Waals surface area contributed by atoms with Gasteiger partial charge in [0.05, 0.1) is 12.3 Å². The number of hydrogen-bond acceptors (Lipinski definition) is 3. The van der Waals surface area contributed by atoms with Gasteiger partial charge in [-0.2, -0.15) is 0 Å². The van der Waals surface area contributed by atoms with Gasteiger partial charge in [-0.05, 0) is 44.5 Å². The third kappa shape index (κ3) is 3.30. The predicted octanol–water partition coefficient (Wildman–Crippen LogP) is 2.85. The Morgan fingerprint density at radius 3 is 2.65 bits per heavy atom. The zero-order valence-corrected chi connectivity index (χ0v) is 12.4. The molecule has 0 amide bonds. The van der Waals surface area contributed by atoms with Crippen LogP contribution in [0.3, 0.4) is 0 Å². The van der Waals surface area contributed by atoms with Crippen molar-refractivity contribution in [3.05, 3.63) is 29.6 Å². The molecule has 1 saturated carbocycles. The molecule has 0 bridgehead atoms. The first-order valence-electron chi connectivity index (χ1n) is 7.51. The lowest BCUT2D eigenvalue weighted by molar-refractivity contribution is 0.296. The van der Waals surface area contributed by atoms with Gasteiger partial charge in [-0.3, -0.25) is 0 Å². The maximum absolute atomic E-state index is 14.4. The van der Waals surface area contributed by atoms with E-state index in [-0.39, 0.29) is 18.5 Å². The van der Waals surface area contributed by atoms with Crippen LogP contribution in [0.5, 0.6) is 0 Å². The van der Waals surface area contributed by atoms with E-state index in [9.17, 15) is 9.50 Å². The van der Waals surface area contributed by atoms with E-state index in [1.165, 1.54) is 12.8 Å².